The lowest BCUT2D eigenvalue weighted by Gasteiger charge is -2.28. The average molecular weight is 370 g/mol. The Morgan fingerprint density at radius 3 is 2.67 bits per heavy atom. The van der Waals surface area contributed by atoms with Crippen LogP contribution >= 0.6 is 11.8 Å². The van der Waals surface area contributed by atoms with Crippen molar-refractivity contribution in [1.82, 2.24) is 4.31 Å². The zero-order valence-corrected chi connectivity index (χ0v) is 14.9. The molecule has 0 aliphatic carbocycles. The van der Waals surface area contributed by atoms with Crippen molar-refractivity contribution < 1.29 is 22.7 Å². The lowest BCUT2D eigenvalue weighted by molar-refractivity contribution is -0.139. The Bertz CT molecular complexity index is 772. The molecule has 1 aromatic rings. The van der Waals surface area contributed by atoms with Crippen molar-refractivity contribution >= 4 is 39.3 Å². The summed E-state index contributed by atoms with van der Waals surface area (Å²) >= 11 is 1.28. The molecule has 0 saturated carbocycles. The largest absolute Gasteiger partial charge is 0.468 e. The van der Waals surface area contributed by atoms with E-state index in [4.69, 9.17) is 0 Å². The third-order valence-electron chi connectivity index (χ3n) is 4.09. The highest BCUT2D eigenvalue weighted by Gasteiger charge is 2.31. The van der Waals surface area contributed by atoms with Gasteiger partial charge in [0.15, 0.2) is 0 Å². The number of thioether (sulfide) groups is 1. The third kappa shape index (κ3) is 3.15. The van der Waals surface area contributed by atoms with E-state index < -0.39 is 16.0 Å². The van der Waals surface area contributed by atoms with E-state index >= 15 is 0 Å². The molecule has 9 heteroatoms. The molecule has 3 rings (SSSR count). The number of esters is 1. The van der Waals surface area contributed by atoms with Gasteiger partial charge in [0.05, 0.1) is 23.4 Å². The first kappa shape index (κ1) is 17.2. The summed E-state index contributed by atoms with van der Waals surface area (Å²) < 4.78 is 31.4. The number of rotatable bonds is 4. The minimum Gasteiger partial charge on any atom is -0.468 e. The van der Waals surface area contributed by atoms with E-state index in [0.29, 0.717) is 23.7 Å². The summed E-state index contributed by atoms with van der Waals surface area (Å²) in [7, 11) is -2.24. The fourth-order valence-electron chi connectivity index (χ4n) is 2.79. The Labute approximate surface area is 145 Å². The molecule has 0 spiro atoms. The number of ether oxygens (including phenoxy) is 1. The number of carbonyl (C=O) groups is 2. The van der Waals surface area contributed by atoms with Gasteiger partial charge in [-0.15, -0.1) is 11.8 Å². The maximum atomic E-state index is 12.7. The van der Waals surface area contributed by atoms with E-state index in [2.05, 4.69) is 4.74 Å². The number of hydrogen-bond acceptors (Lipinski definition) is 6. The zero-order chi connectivity index (χ0) is 17.3. The van der Waals surface area contributed by atoms with Crippen LogP contribution in [-0.4, -0.2) is 57.1 Å². The predicted octanol–water partition coefficient (Wildman–Crippen LogP) is 1.08. The molecule has 0 aromatic heterocycles. The molecule has 0 radical (unpaired) electrons. The van der Waals surface area contributed by atoms with Crippen LogP contribution in [0.25, 0.3) is 0 Å². The molecular formula is C15H18N2O5S2. The van der Waals surface area contributed by atoms with E-state index in [-0.39, 0.29) is 23.1 Å². The molecule has 2 aliphatic heterocycles. The fourth-order valence-corrected chi connectivity index (χ4v) is 5.38. The van der Waals surface area contributed by atoms with Crippen LogP contribution in [0, 0.1) is 0 Å². The minimum atomic E-state index is -3.51. The first-order chi connectivity index (χ1) is 11.4. The van der Waals surface area contributed by atoms with Crippen LogP contribution in [0.5, 0.6) is 0 Å². The van der Waals surface area contributed by atoms with Gasteiger partial charge in [0.2, 0.25) is 15.9 Å². The predicted molar refractivity (Wildman–Crippen MR) is 89.5 cm³/mol. The lowest BCUT2D eigenvalue weighted by atomic mass is 10.2. The van der Waals surface area contributed by atoms with Crippen LogP contribution in [0.15, 0.2) is 28.0 Å². The monoisotopic (exact) mass is 370 g/mol. The molecule has 0 bridgehead atoms. The Morgan fingerprint density at radius 2 is 2.00 bits per heavy atom. The van der Waals surface area contributed by atoms with Crippen LogP contribution in [0.1, 0.15) is 12.8 Å². The van der Waals surface area contributed by atoms with Gasteiger partial charge in [-0.05, 0) is 31.0 Å². The van der Waals surface area contributed by atoms with Crippen molar-refractivity contribution in [1.29, 1.82) is 0 Å². The summed E-state index contributed by atoms with van der Waals surface area (Å²) in [5, 5.41) is 0. The minimum absolute atomic E-state index is 0.164. The van der Waals surface area contributed by atoms with E-state index in [1.165, 1.54) is 34.1 Å². The number of anilines is 1. The number of carbonyl (C=O) groups excluding carboxylic acids is 2. The van der Waals surface area contributed by atoms with Crippen LogP contribution in [-0.2, 0) is 24.3 Å². The van der Waals surface area contributed by atoms with E-state index in [9.17, 15) is 18.0 Å². The number of benzene rings is 1. The normalized spacial score (nSPS) is 18.5. The van der Waals surface area contributed by atoms with Gasteiger partial charge < -0.3 is 4.74 Å². The van der Waals surface area contributed by atoms with E-state index in [0.717, 1.165) is 12.8 Å². The Balaban J connectivity index is 1.93. The highest BCUT2D eigenvalue weighted by molar-refractivity contribution is 8.00. The van der Waals surface area contributed by atoms with Crippen molar-refractivity contribution in [2.24, 2.45) is 0 Å². The van der Waals surface area contributed by atoms with Crippen molar-refractivity contribution in [2.75, 3.05) is 37.4 Å². The fraction of sp³-hybridized carbons (Fsp3) is 0.467. The quantitative estimate of drug-likeness (QED) is 0.738. The Morgan fingerprint density at radius 1 is 1.29 bits per heavy atom. The number of hydrogen-bond donors (Lipinski definition) is 0. The molecule has 1 fully saturated rings. The number of amides is 1. The highest BCUT2D eigenvalue weighted by Crippen LogP contribution is 2.37. The van der Waals surface area contributed by atoms with Gasteiger partial charge in [0.25, 0.3) is 0 Å². The van der Waals surface area contributed by atoms with Crippen molar-refractivity contribution in [2.45, 2.75) is 22.6 Å². The van der Waals surface area contributed by atoms with Crippen LogP contribution in [0.2, 0.25) is 0 Å². The molecule has 24 heavy (non-hydrogen) atoms. The summed E-state index contributed by atoms with van der Waals surface area (Å²) in [5.41, 5.74) is 0.544. The maximum absolute atomic E-state index is 12.7. The van der Waals surface area contributed by atoms with Gasteiger partial charge >= 0.3 is 5.97 Å². The van der Waals surface area contributed by atoms with Crippen molar-refractivity contribution in [3.05, 3.63) is 18.2 Å². The molecule has 1 saturated heterocycles. The van der Waals surface area contributed by atoms with Crippen molar-refractivity contribution in [3.63, 3.8) is 0 Å². The van der Waals surface area contributed by atoms with Crippen LogP contribution < -0.4 is 4.90 Å². The second kappa shape index (κ2) is 6.73. The van der Waals surface area contributed by atoms with Gasteiger partial charge in [0, 0.05) is 18.0 Å². The summed E-state index contributed by atoms with van der Waals surface area (Å²) in [6, 6.07) is 4.67. The molecule has 0 unspecified atom stereocenters. The summed E-state index contributed by atoms with van der Waals surface area (Å²) in [4.78, 5) is 25.8. The third-order valence-corrected chi connectivity index (χ3v) is 7.02. The SMILES string of the molecule is COC(=O)CN1C(=O)CSc2cc(S(=O)(=O)N3CCCC3)ccc21. The number of sulfonamides is 1. The van der Waals surface area contributed by atoms with Gasteiger partial charge in [-0.25, -0.2) is 8.42 Å². The molecule has 1 amide bonds. The number of fused-ring (bicyclic) bond motifs is 1. The Kier molecular flexibility index (Phi) is 4.84. The molecule has 0 atom stereocenters. The van der Waals surface area contributed by atoms with Crippen molar-refractivity contribution in [3.8, 4) is 0 Å². The van der Waals surface area contributed by atoms with Gasteiger partial charge in [-0.3, -0.25) is 14.5 Å². The smallest absolute Gasteiger partial charge is 0.325 e. The summed E-state index contributed by atoms with van der Waals surface area (Å²) in [5.74, 6) is -0.556. The molecule has 2 heterocycles. The second-order valence-electron chi connectivity index (χ2n) is 5.59. The standard InChI is InChI=1S/C15H18N2O5S2/c1-22-15(19)9-17-12-5-4-11(8-13(12)23-10-14(17)18)24(20,21)16-6-2-3-7-16/h4-5,8H,2-3,6-7,9-10H2,1H3. The summed E-state index contributed by atoms with van der Waals surface area (Å²) in [6.07, 6.45) is 1.75. The number of methoxy groups -OCH3 is 1. The van der Waals surface area contributed by atoms with Crippen LogP contribution in [0.3, 0.4) is 0 Å². The molecule has 130 valence electrons. The van der Waals surface area contributed by atoms with E-state index in [1.807, 2.05) is 0 Å². The molecule has 1 aromatic carbocycles. The second-order valence-corrected chi connectivity index (χ2v) is 8.54. The molecular weight excluding hydrogens is 352 g/mol. The zero-order valence-electron chi connectivity index (χ0n) is 13.2. The Hall–Kier alpha value is -1.58. The highest BCUT2D eigenvalue weighted by atomic mass is 32.2. The number of nitrogens with zero attached hydrogens (tertiary/aromatic N) is 2. The van der Waals surface area contributed by atoms with Crippen LogP contribution in [0.4, 0.5) is 5.69 Å². The molecule has 2 aliphatic rings. The average Bonchev–Trinajstić information content (AvgIpc) is 3.12. The molecule has 7 nitrogen and oxygen atoms in total. The maximum Gasteiger partial charge on any atom is 0.325 e. The van der Waals surface area contributed by atoms with Gasteiger partial charge in [-0.1, -0.05) is 0 Å². The first-order valence-corrected chi connectivity index (χ1v) is 10.0. The molecule has 0 N–H and O–H groups in total. The van der Waals surface area contributed by atoms with E-state index in [1.54, 1.807) is 12.1 Å². The lowest BCUT2D eigenvalue weighted by Crippen LogP contribution is -2.39. The first-order valence-electron chi connectivity index (χ1n) is 7.57. The topological polar surface area (TPSA) is 84.0 Å². The summed E-state index contributed by atoms with van der Waals surface area (Å²) in [6.45, 7) is 0.903. The van der Waals surface area contributed by atoms with Gasteiger partial charge in [-0.2, -0.15) is 4.31 Å². The van der Waals surface area contributed by atoms with Gasteiger partial charge in [0.1, 0.15) is 6.54 Å².